The number of hydrogen-bond donors (Lipinski definition) is 4. The van der Waals surface area contributed by atoms with Crippen molar-refractivity contribution in [3.05, 3.63) is 41.4 Å². The monoisotopic (exact) mass is 402 g/mol. The van der Waals surface area contributed by atoms with Crippen LogP contribution in [0, 0.1) is 0 Å². The molecule has 0 atom stereocenters. The standard InChI is InChI=1S/C17H15ClN6O4/c1-9(25)20-21-17(28)8-16(27)19-11-3-5-14(15(26)7-11)24-22-12-4-2-10(18)6-13(12)23-24/h2-7,26H,8H2,1H3,(H,19,27)(H,20,25)(H,21,28). The van der Waals surface area contributed by atoms with Gasteiger partial charge in [-0.25, -0.2) is 0 Å². The highest BCUT2D eigenvalue weighted by Gasteiger charge is 2.13. The summed E-state index contributed by atoms with van der Waals surface area (Å²) in [7, 11) is 0. The van der Waals surface area contributed by atoms with Gasteiger partial charge in [-0.3, -0.25) is 25.2 Å². The lowest BCUT2D eigenvalue weighted by Crippen LogP contribution is -2.41. The number of nitrogens with one attached hydrogen (secondary N) is 3. The zero-order valence-corrected chi connectivity index (χ0v) is 15.3. The zero-order valence-electron chi connectivity index (χ0n) is 14.6. The number of carbonyl (C=O) groups excluding carboxylic acids is 3. The highest BCUT2D eigenvalue weighted by atomic mass is 35.5. The van der Waals surface area contributed by atoms with E-state index >= 15 is 0 Å². The molecule has 3 rings (SSSR count). The number of carbonyl (C=O) groups is 3. The molecule has 0 saturated carbocycles. The number of amides is 3. The first-order valence-corrected chi connectivity index (χ1v) is 8.41. The fourth-order valence-electron chi connectivity index (χ4n) is 2.32. The van der Waals surface area contributed by atoms with Crippen LogP contribution in [0.25, 0.3) is 16.7 Å². The van der Waals surface area contributed by atoms with Crippen LogP contribution in [0.2, 0.25) is 5.02 Å². The molecule has 0 spiro atoms. The molecule has 0 fully saturated rings. The summed E-state index contributed by atoms with van der Waals surface area (Å²) in [6, 6.07) is 9.39. The molecule has 3 amide bonds. The van der Waals surface area contributed by atoms with E-state index in [1.165, 1.54) is 29.9 Å². The molecule has 11 heteroatoms. The Balaban J connectivity index is 1.70. The maximum atomic E-state index is 11.9. The van der Waals surface area contributed by atoms with Crippen molar-refractivity contribution in [1.82, 2.24) is 25.8 Å². The van der Waals surface area contributed by atoms with Gasteiger partial charge in [0.2, 0.25) is 17.7 Å². The second-order valence-corrected chi connectivity index (χ2v) is 6.22. The number of halogens is 1. The zero-order chi connectivity index (χ0) is 20.3. The molecule has 1 aromatic heterocycles. The SMILES string of the molecule is CC(=O)NNC(=O)CC(=O)Nc1ccc(-n2nc3ccc(Cl)cc3n2)c(O)c1. The van der Waals surface area contributed by atoms with Crippen LogP contribution < -0.4 is 16.2 Å². The smallest absolute Gasteiger partial charge is 0.247 e. The van der Waals surface area contributed by atoms with E-state index in [1.807, 2.05) is 0 Å². The van der Waals surface area contributed by atoms with Crippen LogP contribution in [0.1, 0.15) is 13.3 Å². The topological polar surface area (TPSA) is 138 Å². The molecule has 0 aliphatic heterocycles. The number of benzene rings is 2. The molecule has 0 aliphatic carbocycles. The van der Waals surface area contributed by atoms with Gasteiger partial charge in [0.1, 0.15) is 28.9 Å². The van der Waals surface area contributed by atoms with Crippen LogP contribution in [0.4, 0.5) is 5.69 Å². The Bertz CT molecular complexity index is 1080. The Morgan fingerprint density at radius 1 is 1.04 bits per heavy atom. The lowest BCUT2D eigenvalue weighted by Gasteiger charge is -2.09. The van der Waals surface area contributed by atoms with E-state index in [0.717, 1.165) is 0 Å². The summed E-state index contributed by atoms with van der Waals surface area (Å²) in [5, 5.41) is 21.8. The third-order valence-electron chi connectivity index (χ3n) is 3.52. The molecule has 3 aromatic rings. The summed E-state index contributed by atoms with van der Waals surface area (Å²) < 4.78 is 0. The van der Waals surface area contributed by atoms with Gasteiger partial charge < -0.3 is 10.4 Å². The molecule has 0 unspecified atom stereocenters. The van der Waals surface area contributed by atoms with Crippen molar-refractivity contribution in [2.45, 2.75) is 13.3 Å². The molecule has 4 N–H and O–H groups in total. The van der Waals surface area contributed by atoms with Gasteiger partial charge >= 0.3 is 0 Å². The number of aromatic hydroxyl groups is 1. The highest BCUT2D eigenvalue weighted by Crippen LogP contribution is 2.26. The minimum atomic E-state index is -0.681. The number of phenols is 1. The van der Waals surface area contributed by atoms with Crippen molar-refractivity contribution in [3.8, 4) is 11.4 Å². The van der Waals surface area contributed by atoms with E-state index in [4.69, 9.17) is 11.6 Å². The van der Waals surface area contributed by atoms with Crippen LogP contribution >= 0.6 is 11.6 Å². The summed E-state index contributed by atoms with van der Waals surface area (Å²) in [4.78, 5) is 35.3. The summed E-state index contributed by atoms with van der Waals surface area (Å²) in [6.07, 6.45) is -0.504. The first kappa shape index (κ1) is 19.1. The van der Waals surface area contributed by atoms with Crippen LogP contribution in [0.15, 0.2) is 36.4 Å². The maximum absolute atomic E-state index is 11.9. The lowest BCUT2D eigenvalue weighted by atomic mass is 10.2. The van der Waals surface area contributed by atoms with Crippen LogP contribution in [-0.2, 0) is 14.4 Å². The number of fused-ring (bicyclic) bond motifs is 1. The lowest BCUT2D eigenvalue weighted by molar-refractivity contribution is -0.131. The van der Waals surface area contributed by atoms with E-state index in [2.05, 4.69) is 26.4 Å². The van der Waals surface area contributed by atoms with Gasteiger partial charge in [0.15, 0.2) is 0 Å². The highest BCUT2D eigenvalue weighted by molar-refractivity contribution is 6.31. The van der Waals surface area contributed by atoms with E-state index in [-0.39, 0.29) is 11.4 Å². The maximum Gasteiger partial charge on any atom is 0.247 e. The molecule has 10 nitrogen and oxygen atoms in total. The normalized spacial score (nSPS) is 10.5. The van der Waals surface area contributed by atoms with E-state index in [9.17, 15) is 19.5 Å². The third kappa shape index (κ3) is 4.54. The molecule has 1 heterocycles. The summed E-state index contributed by atoms with van der Waals surface area (Å²) in [5.41, 5.74) is 5.90. The van der Waals surface area contributed by atoms with E-state index < -0.39 is 24.1 Å². The quantitative estimate of drug-likeness (QED) is 0.383. The Hall–Kier alpha value is -3.66. The molecular formula is C17H15ClN6O4. The fourth-order valence-corrected chi connectivity index (χ4v) is 2.49. The van der Waals surface area contributed by atoms with Crippen molar-refractivity contribution in [2.75, 3.05) is 5.32 Å². The molecule has 0 aliphatic rings. The minimum absolute atomic E-state index is 0.174. The van der Waals surface area contributed by atoms with Gasteiger partial charge in [0.05, 0.1) is 0 Å². The molecule has 144 valence electrons. The predicted octanol–water partition coefficient (Wildman–Crippen LogP) is 1.28. The number of phenolic OH excluding ortho intramolecular Hbond substituents is 1. The largest absolute Gasteiger partial charge is 0.506 e. The average Bonchev–Trinajstić information content (AvgIpc) is 3.02. The van der Waals surface area contributed by atoms with Gasteiger partial charge in [-0.2, -0.15) is 0 Å². The summed E-state index contributed by atoms with van der Waals surface area (Å²) in [6.45, 7) is 1.22. The average molecular weight is 403 g/mol. The number of aromatic nitrogens is 3. The fraction of sp³-hybridized carbons (Fsp3) is 0.118. The molecule has 28 heavy (non-hydrogen) atoms. The van der Waals surface area contributed by atoms with Crippen LogP contribution in [-0.4, -0.2) is 37.8 Å². The van der Waals surface area contributed by atoms with Crippen molar-refractivity contribution >= 4 is 46.0 Å². The number of hydrogen-bond acceptors (Lipinski definition) is 6. The Morgan fingerprint density at radius 2 is 1.79 bits per heavy atom. The minimum Gasteiger partial charge on any atom is -0.506 e. The van der Waals surface area contributed by atoms with Crippen molar-refractivity contribution < 1.29 is 19.5 Å². The van der Waals surface area contributed by atoms with Crippen LogP contribution in [0.3, 0.4) is 0 Å². The van der Waals surface area contributed by atoms with Crippen molar-refractivity contribution in [1.29, 1.82) is 0 Å². The van der Waals surface area contributed by atoms with Crippen molar-refractivity contribution in [2.24, 2.45) is 0 Å². The second-order valence-electron chi connectivity index (χ2n) is 5.78. The van der Waals surface area contributed by atoms with Crippen molar-refractivity contribution in [3.63, 3.8) is 0 Å². The van der Waals surface area contributed by atoms with Gasteiger partial charge in [-0.1, -0.05) is 11.6 Å². The molecule has 0 bridgehead atoms. The summed E-state index contributed by atoms with van der Waals surface area (Å²) in [5.74, 6) is -1.93. The first-order chi connectivity index (χ1) is 13.3. The third-order valence-corrected chi connectivity index (χ3v) is 3.75. The van der Waals surface area contributed by atoms with Gasteiger partial charge in [-0.05, 0) is 30.3 Å². The summed E-state index contributed by atoms with van der Waals surface area (Å²) >= 11 is 5.93. The molecule has 2 aromatic carbocycles. The van der Waals surface area contributed by atoms with E-state index in [0.29, 0.717) is 21.7 Å². The number of anilines is 1. The van der Waals surface area contributed by atoms with Gasteiger partial charge in [0, 0.05) is 23.7 Å². The number of rotatable bonds is 4. The number of nitrogens with zero attached hydrogens (tertiary/aromatic N) is 3. The molecule has 0 radical (unpaired) electrons. The first-order valence-electron chi connectivity index (χ1n) is 8.03. The molecular weight excluding hydrogens is 388 g/mol. The molecule has 0 saturated heterocycles. The Labute approximate surface area is 163 Å². The second kappa shape index (κ2) is 7.92. The predicted molar refractivity (Wildman–Crippen MR) is 101 cm³/mol. The number of hydrazine groups is 1. The van der Waals surface area contributed by atoms with Gasteiger partial charge in [-0.15, -0.1) is 15.0 Å². The van der Waals surface area contributed by atoms with Gasteiger partial charge in [0.25, 0.3) is 0 Å². The van der Waals surface area contributed by atoms with Crippen LogP contribution in [0.5, 0.6) is 5.75 Å². The Morgan fingerprint density at radius 3 is 2.50 bits per heavy atom. The Kier molecular flexibility index (Phi) is 5.41. The van der Waals surface area contributed by atoms with E-state index in [1.54, 1.807) is 18.2 Å².